The van der Waals surface area contributed by atoms with Crippen LogP contribution in [0, 0.1) is 0 Å². The second kappa shape index (κ2) is 9.47. The summed E-state index contributed by atoms with van der Waals surface area (Å²) in [6, 6.07) is 14.0. The molecule has 0 fully saturated rings. The lowest BCUT2D eigenvalue weighted by molar-refractivity contribution is -0.135. The molecule has 1 atom stereocenters. The molecule has 0 aliphatic rings. The first kappa shape index (κ1) is 19.3. The molecule has 0 bridgehead atoms. The van der Waals surface area contributed by atoms with Crippen LogP contribution >= 0.6 is 11.8 Å². The molecule has 0 radical (unpaired) electrons. The molecule has 1 N–H and O–H groups in total. The predicted molar refractivity (Wildman–Crippen MR) is 106 cm³/mol. The third kappa shape index (κ3) is 5.49. The quantitative estimate of drug-likeness (QED) is 0.786. The predicted octanol–water partition coefficient (Wildman–Crippen LogP) is 3.45. The molecule has 25 heavy (non-hydrogen) atoms. The summed E-state index contributed by atoms with van der Waals surface area (Å²) in [6.45, 7) is 2.33. The number of benzene rings is 2. The molecule has 2 aromatic carbocycles. The standard InChI is InChI=1S/C20H26N2O2S/c1-4-19(23)21-18(11-12-25-3)20(24)22(2)14-15-9-10-16-7-5-6-8-17(16)13-15/h5-10,13,18H,4,11-12,14H2,1-3H3,(H,21,23)/t18-/m0/s1. The molecule has 4 nitrogen and oxygen atoms in total. The monoisotopic (exact) mass is 358 g/mol. The first-order valence-corrected chi connectivity index (χ1v) is 9.95. The highest BCUT2D eigenvalue weighted by atomic mass is 32.2. The summed E-state index contributed by atoms with van der Waals surface area (Å²) in [5.74, 6) is 0.715. The molecular formula is C20H26N2O2S. The molecule has 2 amide bonds. The number of likely N-dealkylation sites (N-methyl/N-ethyl adjacent to an activating group) is 1. The van der Waals surface area contributed by atoms with E-state index in [-0.39, 0.29) is 11.8 Å². The third-order valence-corrected chi connectivity index (χ3v) is 4.82. The van der Waals surface area contributed by atoms with Gasteiger partial charge in [0, 0.05) is 20.0 Å². The van der Waals surface area contributed by atoms with Crippen LogP contribution in [0.25, 0.3) is 10.8 Å². The highest BCUT2D eigenvalue weighted by Crippen LogP contribution is 2.17. The zero-order valence-corrected chi connectivity index (χ0v) is 15.9. The van der Waals surface area contributed by atoms with Crippen LogP contribution < -0.4 is 5.32 Å². The molecule has 0 aromatic heterocycles. The largest absolute Gasteiger partial charge is 0.344 e. The summed E-state index contributed by atoms with van der Waals surface area (Å²) < 4.78 is 0. The maximum atomic E-state index is 12.8. The van der Waals surface area contributed by atoms with Crippen LogP contribution in [0.2, 0.25) is 0 Å². The summed E-state index contributed by atoms with van der Waals surface area (Å²) in [5, 5.41) is 5.21. The third-order valence-electron chi connectivity index (χ3n) is 4.17. The van der Waals surface area contributed by atoms with E-state index in [4.69, 9.17) is 0 Å². The summed E-state index contributed by atoms with van der Waals surface area (Å²) >= 11 is 1.68. The van der Waals surface area contributed by atoms with Gasteiger partial charge in [0.05, 0.1) is 0 Å². The van der Waals surface area contributed by atoms with Gasteiger partial charge in [-0.25, -0.2) is 0 Å². The Morgan fingerprint density at radius 3 is 2.56 bits per heavy atom. The molecule has 2 aromatic rings. The van der Waals surface area contributed by atoms with Crippen LogP contribution in [0.1, 0.15) is 25.3 Å². The maximum absolute atomic E-state index is 12.8. The number of hydrogen-bond acceptors (Lipinski definition) is 3. The van der Waals surface area contributed by atoms with Gasteiger partial charge in [-0.15, -0.1) is 0 Å². The van der Waals surface area contributed by atoms with Crippen LogP contribution in [-0.2, 0) is 16.1 Å². The average Bonchev–Trinajstić information content (AvgIpc) is 2.64. The first-order valence-electron chi connectivity index (χ1n) is 8.56. The van der Waals surface area contributed by atoms with Crippen molar-refractivity contribution in [2.24, 2.45) is 0 Å². The lowest BCUT2D eigenvalue weighted by Gasteiger charge is -2.24. The van der Waals surface area contributed by atoms with Gasteiger partial charge in [0.2, 0.25) is 11.8 Å². The molecule has 0 saturated heterocycles. The van der Waals surface area contributed by atoms with Crippen molar-refractivity contribution in [1.82, 2.24) is 10.2 Å². The van der Waals surface area contributed by atoms with Crippen molar-refractivity contribution in [2.45, 2.75) is 32.4 Å². The van der Waals surface area contributed by atoms with Crippen molar-refractivity contribution < 1.29 is 9.59 Å². The molecule has 0 spiro atoms. The SMILES string of the molecule is CCC(=O)N[C@@H](CCSC)C(=O)N(C)Cc1ccc2ccccc2c1. The molecule has 0 heterocycles. The number of fused-ring (bicyclic) bond motifs is 1. The van der Waals surface area contributed by atoms with E-state index in [0.29, 0.717) is 19.4 Å². The Labute approximate surface area is 154 Å². The Kier molecular flexibility index (Phi) is 7.31. The van der Waals surface area contributed by atoms with Gasteiger partial charge in [-0.1, -0.05) is 43.3 Å². The number of rotatable bonds is 8. The molecule has 2 rings (SSSR count). The van der Waals surface area contributed by atoms with E-state index in [0.717, 1.165) is 11.3 Å². The van der Waals surface area contributed by atoms with Crippen molar-refractivity contribution in [2.75, 3.05) is 19.1 Å². The van der Waals surface area contributed by atoms with Crippen molar-refractivity contribution in [3.05, 3.63) is 48.0 Å². The van der Waals surface area contributed by atoms with Crippen LogP contribution in [0.5, 0.6) is 0 Å². The second-order valence-electron chi connectivity index (χ2n) is 6.13. The average molecular weight is 359 g/mol. The van der Waals surface area contributed by atoms with Crippen molar-refractivity contribution in [3.63, 3.8) is 0 Å². The summed E-state index contributed by atoms with van der Waals surface area (Å²) in [4.78, 5) is 26.2. The topological polar surface area (TPSA) is 49.4 Å². The Bertz CT molecular complexity index is 732. The molecule has 5 heteroatoms. The molecule has 0 saturated carbocycles. The number of hydrogen-bond donors (Lipinski definition) is 1. The van der Waals surface area contributed by atoms with Gasteiger partial charge in [0.1, 0.15) is 6.04 Å². The molecular weight excluding hydrogens is 332 g/mol. The molecule has 134 valence electrons. The molecule has 0 unspecified atom stereocenters. The fourth-order valence-electron chi connectivity index (χ4n) is 2.74. The zero-order chi connectivity index (χ0) is 18.2. The minimum absolute atomic E-state index is 0.0380. The number of carbonyl (C=O) groups is 2. The van der Waals surface area contributed by atoms with Gasteiger partial charge in [-0.2, -0.15) is 11.8 Å². The van der Waals surface area contributed by atoms with Crippen LogP contribution in [0.3, 0.4) is 0 Å². The van der Waals surface area contributed by atoms with Gasteiger partial charge in [-0.3, -0.25) is 9.59 Å². The Balaban J connectivity index is 2.08. The molecule has 0 aliphatic carbocycles. The zero-order valence-electron chi connectivity index (χ0n) is 15.1. The fraction of sp³-hybridized carbons (Fsp3) is 0.400. The summed E-state index contributed by atoms with van der Waals surface area (Å²) in [6.07, 6.45) is 3.03. The lowest BCUT2D eigenvalue weighted by atomic mass is 10.1. The highest BCUT2D eigenvalue weighted by Gasteiger charge is 2.23. The van der Waals surface area contributed by atoms with E-state index in [1.165, 1.54) is 10.8 Å². The van der Waals surface area contributed by atoms with Crippen molar-refractivity contribution >= 4 is 34.3 Å². The van der Waals surface area contributed by atoms with Crippen LogP contribution in [0.4, 0.5) is 0 Å². The smallest absolute Gasteiger partial charge is 0.245 e. The highest BCUT2D eigenvalue weighted by molar-refractivity contribution is 7.98. The van der Waals surface area contributed by atoms with E-state index in [2.05, 4.69) is 29.6 Å². The number of nitrogens with one attached hydrogen (secondary N) is 1. The maximum Gasteiger partial charge on any atom is 0.245 e. The Morgan fingerprint density at radius 1 is 1.16 bits per heavy atom. The van der Waals surface area contributed by atoms with E-state index in [1.54, 1.807) is 30.6 Å². The van der Waals surface area contributed by atoms with E-state index in [1.807, 2.05) is 24.5 Å². The number of carbonyl (C=O) groups excluding carboxylic acids is 2. The summed E-state index contributed by atoms with van der Waals surface area (Å²) in [5.41, 5.74) is 1.08. The molecule has 0 aliphatic heterocycles. The van der Waals surface area contributed by atoms with Crippen LogP contribution in [-0.4, -0.2) is 41.8 Å². The van der Waals surface area contributed by atoms with Crippen LogP contribution in [0.15, 0.2) is 42.5 Å². The lowest BCUT2D eigenvalue weighted by Crippen LogP contribution is -2.47. The van der Waals surface area contributed by atoms with Gasteiger partial charge in [-0.05, 0) is 40.8 Å². The van der Waals surface area contributed by atoms with Gasteiger partial charge in [0.25, 0.3) is 0 Å². The number of thioether (sulfide) groups is 1. The van der Waals surface area contributed by atoms with E-state index in [9.17, 15) is 9.59 Å². The summed E-state index contributed by atoms with van der Waals surface area (Å²) in [7, 11) is 1.79. The minimum Gasteiger partial charge on any atom is -0.344 e. The Hall–Kier alpha value is -2.01. The fourth-order valence-corrected chi connectivity index (χ4v) is 3.22. The second-order valence-corrected chi connectivity index (χ2v) is 7.12. The minimum atomic E-state index is -0.453. The first-order chi connectivity index (χ1) is 12.0. The van der Waals surface area contributed by atoms with Crippen molar-refractivity contribution in [3.8, 4) is 0 Å². The van der Waals surface area contributed by atoms with Gasteiger partial charge >= 0.3 is 0 Å². The number of amides is 2. The number of nitrogens with zero attached hydrogens (tertiary/aromatic N) is 1. The van der Waals surface area contributed by atoms with Crippen molar-refractivity contribution in [1.29, 1.82) is 0 Å². The Morgan fingerprint density at radius 2 is 1.88 bits per heavy atom. The van der Waals surface area contributed by atoms with Gasteiger partial charge in [0.15, 0.2) is 0 Å². The van der Waals surface area contributed by atoms with E-state index >= 15 is 0 Å². The van der Waals surface area contributed by atoms with E-state index < -0.39 is 6.04 Å². The van der Waals surface area contributed by atoms with Gasteiger partial charge < -0.3 is 10.2 Å². The normalized spacial score (nSPS) is 12.0.